The summed E-state index contributed by atoms with van der Waals surface area (Å²) in [6.45, 7) is 9.37. The fraction of sp³-hybridized carbons (Fsp3) is 1.00. The average Bonchev–Trinajstić information content (AvgIpc) is 1.82. The van der Waals surface area contributed by atoms with Gasteiger partial charge in [-0.2, -0.15) is 0 Å². The van der Waals surface area contributed by atoms with E-state index in [0.717, 1.165) is 11.8 Å². The van der Waals surface area contributed by atoms with Crippen LogP contribution in [0.15, 0.2) is 0 Å². The third-order valence-electron chi connectivity index (χ3n) is 3.21. The lowest BCUT2D eigenvalue weighted by molar-refractivity contribution is 0.157. The van der Waals surface area contributed by atoms with Crippen LogP contribution in [0.25, 0.3) is 0 Å². The van der Waals surface area contributed by atoms with E-state index in [9.17, 15) is 0 Å². The highest BCUT2D eigenvalue weighted by molar-refractivity contribution is 4.79. The zero-order valence-corrected chi connectivity index (χ0v) is 9.19. The molecule has 0 aromatic rings. The monoisotopic (exact) mass is 168 g/mol. The lowest BCUT2D eigenvalue weighted by atomic mass is 9.70. The first kappa shape index (κ1) is 10.1. The van der Waals surface area contributed by atoms with Crippen LogP contribution in [0.4, 0.5) is 0 Å². The summed E-state index contributed by atoms with van der Waals surface area (Å²) in [5.41, 5.74) is 0.553. The molecule has 0 aliphatic heterocycles. The Morgan fingerprint density at radius 2 is 1.67 bits per heavy atom. The van der Waals surface area contributed by atoms with Crippen molar-refractivity contribution in [3.8, 4) is 0 Å². The lowest BCUT2D eigenvalue weighted by Gasteiger charge is -2.36. The van der Waals surface area contributed by atoms with E-state index in [1.165, 1.54) is 32.1 Å². The van der Waals surface area contributed by atoms with Gasteiger partial charge in [0.05, 0.1) is 0 Å². The highest BCUT2D eigenvalue weighted by Gasteiger charge is 2.28. The molecule has 1 fully saturated rings. The fourth-order valence-electron chi connectivity index (χ4n) is 2.08. The smallest absolute Gasteiger partial charge is 0.0383 e. The molecule has 0 spiro atoms. The molecule has 0 heteroatoms. The molecule has 0 N–H and O–H groups in total. The van der Waals surface area contributed by atoms with Crippen LogP contribution in [-0.4, -0.2) is 0 Å². The van der Waals surface area contributed by atoms with Crippen molar-refractivity contribution >= 4 is 0 Å². The summed E-state index contributed by atoms with van der Waals surface area (Å²) in [6.07, 6.45) is 7.33. The van der Waals surface area contributed by atoms with Gasteiger partial charge in [0.2, 0.25) is 0 Å². The second-order valence-electron chi connectivity index (χ2n) is 5.71. The van der Waals surface area contributed by atoms with Crippen molar-refractivity contribution in [1.82, 2.24) is 0 Å². The molecule has 0 amide bonds. The van der Waals surface area contributed by atoms with Crippen molar-refractivity contribution in [2.24, 2.45) is 17.3 Å². The Labute approximate surface area is 77.7 Å². The van der Waals surface area contributed by atoms with Crippen LogP contribution >= 0.6 is 0 Å². The quantitative estimate of drug-likeness (QED) is 0.591. The van der Waals surface area contributed by atoms with E-state index in [0.29, 0.717) is 5.41 Å². The van der Waals surface area contributed by atoms with Crippen LogP contribution in [0, 0.1) is 17.3 Å². The van der Waals surface area contributed by atoms with Crippen LogP contribution in [0.1, 0.15) is 59.8 Å². The second-order valence-corrected chi connectivity index (χ2v) is 5.71. The average molecular weight is 168 g/mol. The Hall–Kier alpha value is 0. The van der Waals surface area contributed by atoms with Gasteiger partial charge in [0.25, 0.3) is 0 Å². The molecule has 1 rings (SSSR count). The largest absolute Gasteiger partial charge is 0.0651 e. The summed E-state index contributed by atoms with van der Waals surface area (Å²) < 4.78 is 0. The van der Waals surface area contributed by atoms with Crippen molar-refractivity contribution in [2.45, 2.75) is 59.8 Å². The Bertz CT molecular complexity index is 123. The van der Waals surface area contributed by atoms with E-state index < -0.39 is 0 Å². The Morgan fingerprint density at radius 3 is 2.08 bits per heavy atom. The molecule has 0 atom stereocenters. The van der Waals surface area contributed by atoms with E-state index >= 15 is 0 Å². The molecule has 0 saturated heterocycles. The standard InChI is InChI=1S/C12H24/c1-5-10-8-11(9-10)6-7-12(2,3)4/h10-11H,5-9H2,1-4H3. The van der Waals surface area contributed by atoms with Crippen LogP contribution < -0.4 is 0 Å². The number of rotatable bonds is 3. The predicted octanol–water partition coefficient (Wildman–Crippen LogP) is 4.25. The van der Waals surface area contributed by atoms with E-state index in [1.54, 1.807) is 0 Å². The van der Waals surface area contributed by atoms with Crippen LogP contribution in [0.3, 0.4) is 0 Å². The summed E-state index contributed by atoms with van der Waals surface area (Å²) in [7, 11) is 0. The zero-order valence-electron chi connectivity index (χ0n) is 9.19. The van der Waals surface area contributed by atoms with E-state index in [-0.39, 0.29) is 0 Å². The highest BCUT2D eigenvalue weighted by Crippen LogP contribution is 2.40. The van der Waals surface area contributed by atoms with Crippen molar-refractivity contribution in [3.63, 3.8) is 0 Å². The normalized spacial score (nSPS) is 30.0. The van der Waals surface area contributed by atoms with Gasteiger partial charge in [0, 0.05) is 0 Å². The molecule has 0 bridgehead atoms. The molecule has 0 aromatic carbocycles. The second kappa shape index (κ2) is 3.81. The van der Waals surface area contributed by atoms with Crippen molar-refractivity contribution in [2.75, 3.05) is 0 Å². The molecule has 1 aliphatic carbocycles. The van der Waals surface area contributed by atoms with Gasteiger partial charge in [-0.25, -0.2) is 0 Å². The summed E-state index contributed by atoms with van der Waals surface area (Å²) in [5, 5.41) is 0. The molecule has 0 aromatic heterocycles. The van der Waals surface area contributed by atoms with Gasteiger partial charge in [-0.15, -0.1) is 0 Å². The predicted molar refractivity (Wildman–Crippen MR) is 55.2 cm³/mol. The molecular formula is C12H24. The zero-order chi connectivity index (χ0) is 9.19. The van der Waals surface area contributed by atoms with Gasteiger partial charge in [-0.1, -0.05) is 34.1 Å². The van der Waals surface area contributed by atoms with Gasteiger partial charge in [-0.3, -0.25) is 0 Å². The Balaban J connectivity index is 2.04. The molecule has 1 saturated carbocycles. The Kier molecular flexibility index (Phi) is 3.20. The van der Waals surface area contributed by atoms with E-state index in [4.69, 9.17) is 0 Å². The van der Waals surface area contributed by atoms with Gasteiger partial charge in [0.15, 0.2) is 0 Å². The van der Waals surface area contributed by atoms with Gasteiger partial charge >= 0.3 is 0 Å². The van der Waals surface area contributed by atoms with Gasteiger partial charge < -0.3 is 0 Å². The lowest BCUT2D eigenvalue weighted by Crippen LogP contribution is -2.24. The Morgan fingerprint density at radius 1 is 1.08 bits per heavy atom. The number of hydrogen-bond acceptors (Lipinski definition) is 0. The summed E-state index contributed by atoms with van der Waals surface area (Å²) in [4.78, 5) is 0. The van der Waals surface area contributed by atoms with E-state index in [2.05, 4.69) is 27.7 Å². The maximum absolute atomic E-state index is 2.35. The molecule has 0 unspecified atom stereocenters. The summed E-state index contributed by atoms with van der Waals surface area (Å²) in [6, 6.07) is 0. The first-order chi connectivity index (χ1) is 5.51. The minimum Gasteiger partial charge on any atom is -0.0651 e. The first-order valence-corrected chi connectivity index (χ1v) is 5.51. The highest BCUT2D eigenvalue weighted by atomic mass is 14.3. The molecule has 0 radical (unpaired) electrons. The molecule has 12 heavy (non-hydrogen) atoms. The minimum absolute atomic E-state index is 0.553. The van der Waals surface area contributed by atoms with Gasteiger partial charge in [-0.05, 0) is 42.9 Å². The summed E-state index contributed by atoms with van der Waals surface area (Å²) in [5.74, 6) is 2.16. The molecule has 1 aliphatic rings. The van der Waals surface area contributed by atoms with Crippen molar-refractivity contribution in [1.29, 1.82) is 0 Å². The van der Waals surface area contributed by atoms with E-state index in [1.807, 2.05) is 0 Å². The minimum atomic E-state index is 0.553. The third-order valence-corrected chi connectivity index (χ3v) is 3.21. The van der Waals surface area contributed by atoms with Crippen LogP contribution in [-0.2, 0) is 0 Å². The maximum atomic E-state index is 2.35. The molecule has 0 heterocycles. The topological polar surface area (TPSA) is 0 Å². The van der Waals surface area contributed by atoms with Crippen molar-refractivity contribution in [3.05, 3.63) is 0 Å². The first-order valence-electron chi connectivity index (χ1n) is 5.51. The summed E-state index contributed by atoms with van der Waals surface area (Å²) >= 11 is 0. The SMILES string of the molecule is CCC1CC(CCC(C)(C)C)C1. The number of hydrogen-bond donors (Lipinski definition) is 0. The van der Waals surface area contributed by atoms with Crippen LogP contribution in [0.2, 0.25) is 0 Å². The van der Waals surface area contributed by atoms with Crippen LogP contribution in [0.5, 0.6) is 0 Å². The molecule has 72 valence electrons. The third kappa shape index (κ3) is 3.16. The molecular weight excluding hydrogens is 144 g/mol. The molecule has 0 nitrogen and oxygen atoms in total. The van der Waals surface area contributed by atoms with Gasteiger partial charge in [0.1, 0.15) is 0 Å². The van der Waals surface area contributed by atoms with Crippen molar-refractivity contribution < 1.29 is 0 Å². The fourth-order valence-corrected chi connectivity index (χ4v) is 2.08. The maximum Gasteiger partial charge on any atom is -0.0383 e.